The fraction of sp³-hybridized carbons (Fsp3) is 0.360. The van der Waals surface area contributed by atoms with Crippen LogP contribution in [-0.4, -0.2) is 36.3 Å². The minimum atomic E-state index is -3.64. The van der Waals surface area contributed by atoms with Crippen molar-refractivity contribution in [1.29, 1.82) is 0 Å². The van der Waals surface area contributed by atoms with Crippen LogP contribution in [0.3, 0.4) is 0 Å². The van der Waals surface area contributed by atoms with Crippen molar-refractivity contribution in [3.8, 4) is 0 Å². The van der Waals surface area contributed by atoms with Crippen LogP contribution in [0.25, 0.3) is 10.2 Å². The lowest BCUT2D eigenvalue weighted by Gasteiger charge is -2.30. The molecule has 1 aliphatic heterocycles. The minimum absolute atomic E-state index is 0.156. The molecule has 6 nitrogen and oxygen atoms in total. The average Bonchev–Trinajstić information content (AvgIpc) is 3.10. The molecule has 3 aromatic rings. The van der Waals surface area contributed by atoms with Gasteiger partial charge in [-0.2, -0.15) is 9.30 Å². The van der Waals surface area contributed by atoms with Gasteiger partial charge in [0.25, 0.3) is 5.91 Å². The predicted molar refractivity (Wildman–Crippen MR) is 133 cm³/mol. The molecule has 1 aliphatic rings. The van der Waals surface area contributed by atoms with Gasteiger partial charge >= 0.3 is 0 Å². The molecule has 33 heavy (non-hydrogen) atoms. The molecule has 0 aliphatic carbocycles. The lowest BCUT2D eigenvalue weighted by atomic mass is 9.99. The minimum Gasteiger partial charge on any atom is -0.312 e. The van der Waals surface area contributed by atoms with E-state index in [0.717, 1.165) is 15.8 Å². The normalized spacial score (nSPS) is 18.0. The molecular weight excluding hydrogens is 454 g/mol. The van der Waals surface area contributed by atoms with Gasteiger partial charge in [-0.3, -0.25) is 4.79 Å². The second kappa shape index (κ2) is 9.37. The highest BCUT2D eigenvalue weighted by Gasteiger charge is 2.33. The first kappa shape index (κ1) is 23.6. The molecule has 174 valence electrons. The van der Waals surface area contributed by atoms with Crippen molar-refractivity contribution in [2.75, 3.05) is 13.1 Å². The standard InChI is InChI=1S/C25H29N3O3S2/c1-5-12-28-22-14-18(3)19(4)15-23(22)32-25(28)26-24(29)20-7-6-13-27(16-20)33(30,31)21-10-8-17(2)9-11-21/h5,8-11,14-15,20H,1,6-7,12-13,16H2,2-4H3. The van der Waals surface area contributed by atoms with Gasteiger partial charge in [0.1, 0.15) is 0 Å². The highest BCUT2D eigenvalue weighted by atomic mass is 32.2. The summed E-state index contributed by atoms with van der Waals surface area (Å²) in [6, 6.07) is 11.1. The molecule has 4 rings (SSSR count). The first-order valence-corrected chi connectivity index (χ1v) is 13.3. The number of rotatable bonds is 5. The first-order valence-electron chi connectivity index (χ1n) is 11.1. The monoisotopic (exact) mass is 483 g/mol. The Hall–Kier alpha value is -2.55. The average molecular weight is 484 g/mol. The van der Waals surface area contributed by atoms with Crippen LogP contribution in [0, 0.1) is 26.7 Å². The molecule has 0 bridgehead atoms. The van der Waals surface area contributed by atoms with Crippen LogP contribution < -0.4 is 4.80 Å². The van der Waals surface area contributed by atoms with E-state index in [0.29, 0.717) is 30.7 Å². The largest absolute Gasteiger partial charge is 0.312 e. The van der Waals surface area contributed by atoms with Crippen LogP contribution in [0.2, 0.25) is 0 Å². The molecule has 1 aromatic heterocycles. The highest BCUT2D eigenvalue weighted by molar-refractivity contribution is 7.89. The number of nitrogens with zero attached hydrogens (tertiary/aromatic N) is 3. The summed E-state index contributed by atoms with van der Waals surface area (Å²) in [5, 5.41) is 0. The number of amides is 1. The van der Waals surface area contributed by atoms with Crippen LogP contribution >= 0.6 is 11.3 Å². The summed E-state index contributed by atoms with van der Waals surface area (Å²) in [7, 11) is -3.64. The van der Waals surface area contributed by atoms with Gasteiger partial charge in [0.15, 0.2) is 4.80 Å². The maximum atomic E-state index is 13.2. The number of aromatic nitrogens is 1. The Morgan fingerprint density at radius 3 is 2.58 bits per heavy atom. The number of allylic oxidation sites excluding steroid dienone is 1. The number of fused-ring (bicyclic) bond motifs is 1. The lowest BCUT2D eigenvalue weighted by molar-refractivity contribution is -0.122. The van der Waals surface area contributed by atoms with Gasteiger partial charge in [-0.1, -0.05) is 35.1 Å². The molecule has 0 saturated carbocycles. The molecular formula is C25H29N3O3S2. The number of hydrogen-bond acceptors (Lipinski definition) is 4. The van der Waals surface area contributed by atoms with E-state index in [1.54, 1.807) is 30.3 Å². The Morgan fingerprint density at radius 1 is 1.18 bits per heavy atom. The smallest absolute Gasteiger partial charge is 0.252 e. The molecule has 2 heterocycles. The highest BCUT2D eigenvalue weighted by Crippen LogP contribution is 2.26. The SMILES string of the molecule is C=CCn1c(=NC(=O)C2CCCN(S(=O)(=O)c3ccc(C)cc3)C2)sc2cc(C)c(C)cc21. The number of thiazole rings is 1. The van der Waals surface area contributed by atoms with Gasteiger partial charge < -0.3 is 4.57 Å². The summed E-state index contributed by atoms with van der Waals surface area (Å²) in [4.78, 5) is 18.5. The molecule has 0 radical (unpaired) electrons. The molecule has 1 amide bonds. The fourth-order valence-corrected chi connectivity index (χ4v) is 6.77. The molecule has 1 atom stereocenters. The number of carbonyl (C=O) groups is 1. The Balaban J connectivity index is 1.64. The number of aryl methyl sites for hydroxylation is 3. The van der Waals surface area contributed by atoms with E-state index in [1.165, 1.54) is 26.8 Å². The van der Waals surface area contributed by atoms with Gasteiger partial charge in [0.05, 0.1) is 21.0 Å². The van der Waals surface area contributed by atoms with Crippen molar-refractivity contribution in [2.45, 2.75) is 45.1 Å². The summed E-state index contributed by atoms with van der Waals surface area (Å²) in [6.45, 7) is 11.0. The number of sulfonamides is 1. The third-order valence-corrected chi connectivity index (χ3v) is 9.13. The summed E-state index contributed by atoms with van der Waals surface area (Å²) < 4.78 is 30.7. The molecule has 0 spiro atoms. The zero-order valence-electron chi connectivity index (χ0n) is 19.2. The third kappa shape index (κ3) is 4.74. The Morgan fingerprint density at radius 2 is 1.88 bits per heavy atom. The molecule has 0 N–H and O–H groups in total. The van der Waals surface area contributed by atoms with Gasteiger partial charge in [-0.25, -0.2) is 8.42 Å². The summed E-state index contributed by atoms with van der Waals surface area (Å²) in [5.41, 5.74) is 4.40. The Labute approximate surface area is 199 Å². The van der Waals surface area contributed by atoms with Crippen molar-refractivity contribution in [3.63, 3.8) is 0 Å². The van der Waals surface area contributed by atoms with Gasteiger partial charge in [0.2, 0.25) is 10.0 Å². The fourth-order valence-electron chi connectivity index (χ4n) is 4.12. The van der Waals surface area contributed by atoms with E-state index < -0.39 is 15.9 Å². The van der Waals surface area contributed by atoms with Crippen molar-refractivity contribution >= 4 is 37.5 Å². The van der Waals surface area contributed by atoms with E-state index in [4.69, 9.17) is 0 Å². The second-order valence-corrected chi connectivity index (χ2v) is 11.6. The van der Waals surface area contributed by atoms with Crippen molar-refractivity contribution < 1.29 is 13.2 Å². The van der Waals surface area contributed by atoms with Crippen molar-refractivity contribution in [2.24, 2.45) is 10.9 Å². The van der Waals surface area contributed by atoms with Crippen LogP contribution in [-0.2, 0) is 21.4 Å². The molecule has 1 saturated heterocycles. The third-order valence-electron chi connectivity index (χ3n) is 6.21. The lowest BCUT2D eigenvalue weighted by Crippen LogP contribution is -2.42. The van der Waals surface area contributed by atoms with Crippen molar-refractivity contribution in [1.82, 2.24) is 8.87 Å². The molecule has 1 unspecified atom stereocenters. The zero-order chi connectivity index (χ0) is 23.8. The maximum absolute atomic E-state index is 13.2. The summed E-state index contributed by atoms with van der Waals surface area (Å²) >= 11 is 1.48. The second-order valence-electron chi connectivity index (χ2n) is 8.65. The number of piperidine rings is 1. The van der Waals surface area contributed by atoms with Crippen LogP contribution in [0.1, 0.15) is 29.5 Å². The number of carbonyl (C=O) groups excluding carboxylic acids is 1. The van der Waals surface area contributed by atoms with E-state index in [2.05, 4.69) is 37.6 Å². The molecule has 8 heteroatoms. The molecule has 1 fully saturated rings. The quantitative estimate of drug-likeness (QED) is 0.507. The van der Waals surface area contributed by atoms with Gasteiger partial charge in [-0.05, 0) is 69.0 Å². The zero-order valence-corrected chi connectivity index (χ0v) is 20.9. The van der Waals surface area contributed by atoms with E-state index in [9.17, 15) is 13.2 Å². The topological polar surface area (TPSA) is 71.7 Å². The van der Waals surface area contributed by atoms with Crippen LogP contribution in [0.5, 0.6) is 0 Å². The van der Waals surface area contributed by atoms with Crippen LogP contribution in [0.15, 0.2) is 58.9 Å². The first-order chi connectivity index (χ1) is 15.7. The van der Waals surface area contributed by atoms with Gasteiger partial charge in [0, 0.05) is 19.6 Å². The van der Waals surface area contributed by atoms with E-state index in [1.807, 2.05) is 11.5 Å². The Bertz CT molecular complexity index is 1380. The summed E-state index contributed by atoms with van der Waals surface area (Å²) in [6.07, 6.45) is 3.06. The Kier molecular flexibility index (Phi) is 6.70. The van der Waals surface area contributed by atoms with Gasteiger partial charge in [-0.15, -0.1) is 6.58 Å². The predicted octanol–water partition coefficient (Wildman–Crippen LogP) is 4.34. The maximum Gasteiger partial charge on any atom is 0.252 e. The van der Waals surface area contributed by atoms with Crippen LogP contribution in [0.4, 0.5) is 0 Å². The molecule has 2 aromatic carbocycles. The van der Waals surface area contributed by atoms with E-state index in [-0.39, 0.29) is 17.3 Å². The number of hydrogen-bond donors (Lipinski definition) is 0. The van der Waals surface area contributed by atoms with E-state index >= 15 is 0 Å². The van der Waals surface area contributed by atoms with Crippen molar-refractivity contribution in [3.05, 3.63) is 70.5 Å². The number of benzene rings is 2. The summed E-state index contributed by atoms with van der Waals surface area (Å²) in [5.74, 6) is -0.721.